The molecule has 35 heavy (non-hydrogen) atoms. The predicted molar refractivity (Wildman–Crippen MR) is 112 cm³/mol. The van der Waals surface area contributed by atoms with Gasteiger partial charge in [0.1, 0.15) is 0 Å². The van der Waals surface area contributed by atoms with Crippen LogP contribution < -0.4 is 0 Å². The van der Waals surface area contributed by atoms with Gasteiger partial charge in [0.2, 0.25) is 0 Å². The van der Waals surface area contributed by atoms with Gasteiger partial charge in [0.25, 0.3) is 0 Å². The molecule has 0 unspecified atom stereocenters. The van der Waals surface area contributed by atoms with E-state index >= 15 is 0 Å². The second-order valence-electron chi connectivity index (χ2n) is 7.60. The number of allylic oxidation sites excluding steroid dienone is 8. The molecule has 0 aliphatic heterocycles. The Hall–Kier alpha value is -0.757. The predicted octanol–water partition coefficient (Wildman–Crippen LogP) is 5.98. The Bertz CT molecular complexity index is 996. The summed E-state index contributed by atoms with van der Waals surface area (Å²) in [5.74, 6) is 0. The van der Waals surface area contributed by atoms with Gasteiger partial charge < -0.3 is 9.11 Å². The Kier molecular flexibility index (Phi) is 13.4. The molecule has 2 rings (SSSR count). The average Bonchev–Trinajstić information content (AvgIpc) is 3.18. The maximum absolute atomic E-state index is 10.7. The van der Waals surface area contributed by atoms with E-state index in [9.17, 15) is 26.3 Å². The normalized spacial score (nSPS) is 16.7. The molecule has 0 atom stereocenters. The van der Waals surface area contributed by atoms with Crippen molar-refractivity contribution in [2.24, 2.45) is 0 Å². The number of rotatable bonds is 6. The molecule has 0 aromatic heterocycles. The summed E-state index contributed by atoms with van der Waals surface area (Å²) in [7, 11) is -12.2. The summed E-state index contributed by atoms with van der Waals surface area (Å²) < 4.78 is 121. The van der Waals surface area contributed by atoms with Crippen LogP contribution in [0.2, 0.25) is 0 Å². The maximum Gasteiger partial charge on any atom is 0.485 e. The largest absolute Gasteiger partial charge is 0.741 e. The van der Waals surface area contributed by atoms with E-state index in [0.29, 0.717) is 0 Å². The molecule has 0 radical (unpaired) electrons. The van der Waals surface area contributed by atoms with E-state index in [1.807, 2.05) is 6.56 Å². The molecule has 0 N–H and O–H groups in total. The van der Waals surface area contributed by atoms with E-state index in [2.05, 4.69) is 39.8 Å². The fraction of sp³-hybridized carbons (Fsp3) is 0.600. The molecule has 200 valence electrons. The third-order valence-electron chi connectivity index (χ3n) is 4.66. The van der Waals surface area contributed by atoms with Crippen LogP contribution in [0.1, 0.15) is 66.2 Å². The Labute approximate surface area is 213 Å². The van der Waals surface area contributed by atoms with Gasteiger partial charge in [-0.1, -0.05) is 0 Å². The maximum atomic E-state index is 10.7. The fourth-order valence-corrected chi connectivity index (χ4v) is 7.07. The number of hydrogen-bond donors (Lipinski definition) is 0. The quantitative estimate of drug-likeness (QED) is 0.202. The zero-order valence-corrected chi connectivity index (χ0v) is 23.5. The average molecular weight is 632 g/mol. The molecule has 0 fully saturated rings. The van der Waals surface area contributed by atoms with Crippen LogP contribution >= 0.6 is 0 Å². The Morgan fingerprint density at radius 3 is 1.20 bits per heavy atom. The molecule has 2 aliphatic rings. The van der Waals surface area contributed by atoms with E-state index < -0.39 is 54.5 Å². The van der Waals surface area contributed by atoms with Gasteiger partial charge in [0.15, 0.2) is 20.2 Å². The van der Waals surface area contributed by atoms with Crippen molar-refractivity contribution >= 4 is 20.2 Å². The van der Waals surface area contributed by atoms with Gasteiger partial charge in [-0.25, -0.2) is 16.8 Å². The Morgan fingerprint density at radius 1 is 0.743 bits per heavy atom. The number of hydrogen-bond acceptors (Lipinski definition) is 6. The van der Waals surface area contributed by atoms with Crippen molar-refractivity contribution in [2.75, 3.05) is 0 Å². The van der Waals surface area contributed by atoms with Crippen molar-refractivity contribution in [1.82, 2.24) is 0 Å². The van der Waals surface area contributed by atoms with Gasteiger partial charge in [-0.3, -0.25) is 0 Å². The molecule has 2 aliphatic carbocycles. The molecule has 0 heterocycles. The first-order valence-electron chi connectivity index (χ1n) is 10.3. The molecular weight excluding hydrogens is 606 g/mol. The summed E-state index contributed by atoms with van der Waals surface area (Å²) in [5, 5.41) is 0. The van der Waals surface area contributed by atoms with Crippen LogP contribution in [0, 0.1) is 0 Å². The molecule has 6 nitrogen and oxygen atoms in total. The van der Waals surface area contributed by atoms with Gasteiger partial charge in [-0.05, 0) is 0 Å². The Balaban J connectivity index is 0.000000601. The molecule has 0 aromatic rings. The van der Waals surface area contributed by atoms with E-state index in [-0.39, 0.29) is 0 Å². The summed E-state index contributed by atoms with van der Waals surface area (Å²) in [6.45, 7) is 9.34. The van der Waals surface area contributed by atoms with Crippen molar-refractivity contribution in [3.63, 3.8) is 0 Å². The van der Waals surface area contributed by atoms with Gasteiger partial charge in [-0.15, -0.1) is 0 Å². The second-order valence-corrected chi connectivity index (χ2v) is 13.4. The summed E-state index contributed by atoms with van der Waals surface area (Å²) in [4.78, 5) is 0. The van der Waals surface area contributed by atoms with E-state index in [4.69, 9.17) is 25.9 Å². The molecule has 0 bridgehead atoms. The molecule has 0 saturated carbocycles. The van der Waals surface area contributed by atoms with Crippen molar-refractivity contribution in [2.45, 2.75) is 77.2 Å². The summed E-state index contributed by atoms with van der Waals surface area (Å²) in [6, 6.07) is 0. The molecule has 0 aromatic carbocycles. The summed E-state index contributed by atoms with van der Waals surface area (Å²) in [5.41, 5.74) is -4.53. The van der Waals surface area contributed by atoms with Crippen molar-refractivity contribution in [3.8, 4) is 0 Å². The van der Waals surface area contributed by atoms with Gasteiger partial charge in [-0.2, -0.15) is 26.3 Å². The monoisotopic (exact) mass is 630 g/mol. The van der Waals surface area contributed by atoms with Crippen LogP contribution in [0.15, 0.2) is 41.0 Å². The molecule has 15 heteroatoms. The van der Waals surface area contributed by atoms with Crippen LogP contribution in [0.5, 0.6) is 0 Å². The summed E-state index contributed by atoms with van der Waals surface area (Å²) in [6.07, 6.45) is 12.6. The van der Waals surface area contributed by atoms with Crippen LogP contribution in [-0.4, -0.2) is 37.0 Å². The van der Waals surface area contributed by atoms with Crippen LogP contribution in [0.25, 0.3) is 0 Å². The fourth-order valence-electron chi connectivity index (χ4n) is 3.00. The number of alkyl halides is 6. The van der Waals surface area contributed by atoms with E-state index in [1.165, 1.54) is 38.5 Å². The zero-order valence-electron chi connectivity index (χ0n) is 19.4. The van der Waals surface area contributed by atoms with Crippen LogP contribution in [0.3, 0.4) is 0 Å². The molecule has 0 amide bonds. The number of halogens is 6. The van der Waals surface area contributed by atoms with Gasteiger partial charge in [0, 0.05) is 0 Å². The van der Waals surface area contributed by atoms with Crippen molar-refractivity contribution in [1.29, 1.82) is 0 Å². The minimum absolute atomic E-state index is 0.565. The van der Waals surface area contributed by atoms with E-state index in [0.717, 1.165) is 0 Å². The van der Waals surface area contributed by atoms with Gasteiger partial charge >= 0.3 is 141 Å². The minimum atomic E-state index is -6.09. The van der Waals surface area contributed by atoms with Crippen LogP contribution in [-0.2, 0) is 43.5 Å². The molecule has 0 saturated heterocycles. The molecule has 0 spiro atoms. The first kappa shape index (κ1) is 34.2. The third kappa shape index (κ3) is 11.4. The van der Waals surface area contributed by atoms with Gasteiger partial charge in [0.05, 0.1) is 0 Å². The van der Waals surface area contributed by atoms with Crippen LogP contribution in [0.4, 0.5) is 26.3 Å². The van der Waals surface area contributed by atoms with Crippen molar-refractivity contribution < 1.29 is 75.5 Å². The Morgan fingerprint density at radius 2 is 1.00 bits per heavy atom. The second kappa shape index (κ2) is 13.7. The molecular formula is C20H26F6O6S2Zr. The smallest absolute Gasteiger partial charge is 0.485 e. The topological polar surface area (TPSA) is 114 Å². The first-order valence-corrected chi connectivity index (χ1v) is 15.5. The van der Waals surface area contributed by atoms with E-state index in [1.54, 1.807) is 22.3 Å². The first-order chi connectivity index (χ1) is 15.7. The van der Waals surface area contributed by atoms with Crippen molar-refractivity contribution in [3.05, 3.63) is 41.0 Å². The minimum Gasteiger partial charge on any atom is -0.741 e. The SMILES string of the molecule is CCCC1=CCC(C)=[C]1[Zr+2][C]1=C(C)CC=C1CCC.O=S(=O)([O-])C(F)(F)F.O=S(=O)([O-])C(F)(F)F. The third-order valence-corrected chi connectivity index (χ3v) is 10.7. The summed E-state index contributed by atoms with van der Waals surface area (Å²) >= 11 is -0.565. The zero-order chi connectivity index (χ0) is 27.8. The standard InChI is InChI=1S/2C9H13.2CHF3O3S.Zr/c2*1-3-4-9-6-5-8(2)7-9;2*2-1(3,4)8(5,6)7;/h2*6H,3-5H2,1-2H3;2*(H,5,6,7);/q;;;;+2/p-2.